The molecule has 0 spiro atoms. The number of fused-ring (bicyclic) bond motifs is 1. The van der Waals surface area contributed by atoms with E-state index in [9.17, 15) is 19.7 Å². The van der Waals surface area contributed by atoms with E-state index in [-0.39, 0.29) is 28.3 Å². The number of unbranched alkanes of at least 4 members (excludes halogenated alkanes) is 2. The zero-order valence-electron chi connectivity index (χ0n) is 24.4. The van der Waals surface area contributed by atoms with Gasteiger partial charge in [0.2, 0.25) is 0 Å². The molecule has 42 heavy (non-hydrogen) atoms. The number of carbonyl (C=O) groups excluding carboxylic acids is 1. The van der Waals surface area contributed by atoms with Gasteiger partial charge < -0.3 is 14.2 Å². The Morgan fingerprint density at radius 1 is 1.19 bits per heavy atom. The normalized spacial score (nSPS) is 14.9. The number of ether oxygens (including phenoxy) is 3. The fraction of sp³-hybridized carbons (Fsp3) is 0.387. The lowest BCUT2D eigenvalue weighted by molar-refractivity contribution is -0.385. The smallest absolute Gasteiger partial charge is 0.338 e. The fourth-order valence-electron chi connectivity index (χ4n) is 4.64. The minimum atomic E-state index is -0.864. The van der Waals surface area contributed by atoms with E-state index in [1.54, 1.807) is 43.3 Å². The van der Waals surface area contributed by atoms with Crippen LogP contribution in [0.4, 0.5) is 5.69 Å². The Hall–Kier alpha value is -4.25. The second-order valence-corrected chi connectivity index (χ2v) is 11.4. The van der Waals surface area contributed by atoms with Crippen molar-refractivity contribution in [3.05, 3.63) is 94.7 Å². The van der Waals surface area contributed by atoms with Gasteiger partial charge in [0, 0.05) is 6.07 Å². The summed E-state index contributed by atoms with van der Waals surface area (Å²) in [5.74, 6) is 0.573. The van der Waals surface area contributed by atoms with Crippen LogP contribution in [0, 0.1) is 16.0 Å². The van der Waals surface area contributed by atoms with E-state index >= 15 is 0 Å². The quantitative estimate of drug-likeness (QED) is 0.126. The molecule has 0 fully saturated rings. The number of para-hydroxylation sites is 1. The molecule has 3 aromatic rings. The van der Waals surface area contributed by atoms with E-state index in [1.807, 2.05) is 13.8 Å². The van der Waals surface area contributed by atoms with Crippen molar-refractivity contribution in [1.82, 2.24) is 4.57 Å². The molecule has 0 amide bonds. The minimum Gasteiger partial charge on any atom is -0.493 e. The predicted octanol–water partition coefficient (Wildman–Crippen LogP) is 4.92. The van der Waals surface area contributed by atoms with E-state index in [2.05, 4.69) is 11.9 Å². The summed E-state index contributed by atoms with van der Waals surface area (Å²) in [6.45, 7) is 8.45. The van der Waals surface area contributed by atoms with E-state index in [1.165, 1.54) is 23.8 Å². The Kier molecular flexibility index (Phi) is 9.95. The molecule has 0 saturated carbocycles. The zero-order valence-corrected chi connectivity index (χ0v) is 25.2. The SMILES string of the molecule is CCCCCOc1ccc(C2C(C(=O)OCC(C)C)=C(C)N=c3s/c(=C\c4ccccc4[N+](=O)[O-])c(=O)n32)cc1OC. The van der Waals surface area contributed by atoms with Crippen molar-refractivity contribution >= 4 is 29.1 Å². The van der Waals surface area contributed by atoms with Crippen LogP contribution in [0.25, 0.3) is 6.08 Å². The maximum atomic E-state index is 13.9. The van der Waals surface area contributed by atoms with E-state index in [0.717, 1.165) is 30.6 Å². The van der Waals surface area contributed by atoms with Gasteiger partial charge in [0.05, 0.1) is 52.7 Å². The summed E-state index contributed by atoms with van der Waals surface area (Å²) in [6, 6.07) is 10.7. The number of esters is 1. The molecule has 1 aliphatic heterocycles. The van der Waals surface area contributed by atoms with Crippen LogP contribution in [0.15, 0.2) is 63.5 Å². The number of methoxy groups -OCH3 is 1. The summed E-state index contributed by atoms with van der Waals surface area (Å²) in [5.41, 5.74) is 1.01. The van der Waals surface area contributed by atoms with Crippen molar-refractivity contribution < 1.29 is 23.9 Å². The first-order chi connectivity index (χ1) is 20.2. The number of rotatable bonds is 12. The number of benzene rings is 2. The molecule has 0 saturated heterocycles. The van der Waals surface area contributed by atoms with Crippen LogP contribution >= 0.6 is 11.3 Å². The first-order valence-electron chi connectivity index (χ1n) is 13.9. The molecular formula is C31H35N3O7S. The van der Waals surface area contributed by atoms with Crippen LogP contribution in [0.2, 0.25) is 0 Å². The third-order valence-electron chi connectivity index (χ3n) is 6.72. The summed E-state index contributed by atoms with van der Waals surface area (Å²) in [7, 11) is 1.54. The molecule has 2 heterocycles. The minimum absolute atomic E-state index is 0.111. The molecule has 1 aliphatic rings. The van der Waals surface area contributed by atoms with Gasteiger partial charge in [-0.25, -0.2) is 9.79 Å². The first-order valence-corrected chi connectivity index (χ1v) is 14.7. The van der Waals surface area contributed by atoms with Gasteiger partial charge in [0.15, 0.2) is 16.3 Å². The lowest BCUT2D eigenvalue weighted by Crippen LogP contribution is -2.40. The predicted molar refractivity (Wildman–Crippen MR) is 161 cm³/mol. The molecule has 1 aromatic heterocycles. The highest BCUT2D eigenvalue weighted by molar-refractivity contribution is 7.07. The largest absolute Gasteiger partial charge is 0.493 e. The summed E-state index contributed by atoms with van der Waals surface area (Å²) in [4.78, 5) is 43.5. The highest BCUT2D eigenvalue weighted by Gasteiger charge is 2.34. The van der Waals surface area contributed by atoms with Gasteiger partial charge in [-0.1, -0.05) is 63.1 Å². The molecule has 0 aliphatic carbocycles. The average molecular weight is 594 g/mol. The Labute approximate surface area is 247 Å². The van der Waals surface area contributed by atoms with Crippen molar-refractivity contribution in [1.29, 1.82) is 0 Å². The van der Waals surface area contributed by atoms with E-state index < -0.39 is 22.5 Å². The van der Waals surface area contributed by atoms with Crippen molar-refractivity contribution in [2.45, 2.75) is 53.0 Å². The molecule has 222 valence electrons. The molecule has 11 heteroatoms. The van der Waals surface area contributed by atoms with Crippen LogP contribution in [0.1, 0.15) is 64.1 Å². The summed E-state index contributed by atoms with van der Waals surface area (Å²) < 4.78 is 18.9. The topological polar surface area (TPSA) is 122 Å². The average Bonchev–Trinajstić information content (AvgIpc) is 3.27. The van der Waals surface area contributed by atoms with Gasteiger partial charge in [0.25, 0.3) is 11.2 Å². The van der Waals surface area contributed by atoms with Gasteiger partial charge in [-0.15, -0.1) is 0 Å². The first kappa shape index (κ1) is 30.7. The number of nitro groups is 1. The third-order valence-corrected chi connectivity index (χ3v) is 7.70. The van der Waals surface area contributed by atoms with Gasteiger partial charge in [-0.2, -0.15) is 0 Å². The third kappa shape index (κ3) is 6.62. The van der Waals surface area contributed by atoms with E-state index in [4.69, 9.17) is 14.2 Å². The van der Waals surface area contributed by atoms with Crippen LogP contribution in [-0.4, -0.2) is 35.8 Å². The number of aromatic nitrogens is 1. The van der Waals surface area contributed by atoms with Gasteiger partial charge >= 0.3 is 5.97 Å². The molecule has 10 nitrogen and oxygen atoms in total. The standard InChI is InChI=1S/C31H35N3O7S/c1-6-7-10-15-40-24-14-13-22(16-25(24)39-5)28-27(30(36)41-18-19(2)3)20(4)32-31-33(28)29(35)26(42-31)17-21-11-8-9-12-23(21)34(37)38/h8-9,11-14,16-17,19,28H,6-7,10,15,18H2,1-5H3/b26-17-. The molecular weight excluding hydrogens is 558 g/mol. The molecule has 1 atom stereocenters. The molecule has 0 bridgehead atoms. The molecule has 1 unspecified atom stereocenters. The molecule has 0 N–H and O–H groups in total. The number of thiazole rings is 1. The maximum Gasteiger partial charge on any atom is 0.338 e. The molecule has 2 aromatic carbocycles. The number of nitrogens with zero attached hydrogens (tertiary/aromatic N) is 3. The highest BCUT2D eigenvalue weighted by atomic mass is 32.1. The number of allylic oxidation sites excluding steroid dienone is 1. The molecule has 4 rings (SSSR count). The number of carbonyl (C=O) groups is 1. The van der Waals surface area contributed by atoms with Crippen LogP contribution in [0.3, 0.4) is 0 Å². The van der Waals surface area contributed by atoms with Crippen LogP contribution in [-0.2, 0) is 9.53 Å². The summed E-state index contributed by atoms with van der Waals surface area (Å²) >= 11 is 1.10. The lowest BCUT2D eigenvalue weighted by Gasteiger charge is -2.25. The molecule has 0 radical (unpaired) electrons. The van der Waals surface area contributed by atoms with Crippen LogP contribution in [0.5, 0.6) is 11.5 Å². The van der Waals surface area contributed by atoms with Crippen molar-refractivity contribution in [2.24, 2.45) is 10.9 Å². The van der Waals surface area contributed by atoms with Gasteiger partial charge in [-0.05, 0) is 49.1 Å². The Morgan fingerprint density at radius 3 is 2.64 bits per heavy atom. The van der Waals surface area contributed by atoms with E-state index in [0.29, 0.717) is 39.7 Å². The Bertz CT molecular complexity index is 1690. The monoisotopic (exact) mass is 593 g/mol. The second-order valence-electron chi connectivity index (χ2n) is 10.4. The van der Waals surface area contributed by atoms with Gasteiger partial charge in [-0.3, -0.25) is 19.5 Å². The van der Waals surface area contributed by atoms with Crippen LogP contribution < -0.4 is 24.4 Å². The maximum absolute atomic E-state index is 13.9. The Morgan fingerprint density at radius 2 is 1.95 bits per heavy atom. The number of hydrogen-bond donors (Lipinski definition) is 0. The van der Waals surface area contributed by atoms with Crippen molar-refractivity contribution in [3.8, 4) is 11.5 Å². The van der Waals surface area contributed by atoms with Crippen molar-refractivity contribution in [2.75, 3.05) is 20.3 Å². The highest BCUT2D eigenvalue weighted by Crippen LogP contribution is 2.36. The number of hydrogen-bond acceptors (Lipinski definition) is 9. The summed E-state index contributed by atoms with van der Waals surface area (Å²) in [6.07, 6.45) is 4.52. The van der Waals surface area contributed by atoms with Gasteiger partial charge in [0.1, 0.15) is 0 Å². The van der Waals surface area contributed by atoms with Crippen molar-refractivity contribution in [3.63, 3.8) is 0 Å². The number of nitro benzene ring substituents is 1. The lowest BCUT2D eigenvalue weighted by atomic mass is 9.95. The Balaban J connectivity index is 1.88. The summed E-state index contributed by atoms with van der Waals surface area (Å²) in [5, 5.41) is 11.6. The fourth-order valence-corrected chi connectivity index (χ4v) is 5.68. The zero-order chi connectivity index (χ0) is 30.4. The second kappa shape index (κ2) is 13.6.